The summed E-state index contributed by atoms with van der Waals surface area (Å²) in [6, 6.07) is 5.64. The minimum absolute atomic E-state index is 0.0245. The predicted octanol–water partition coefficient (Wildman–Crippen LogP) is 3.02. The first-order chi connectivity index (χ1) is 13.2. The number of hydrogen-bond acceptors (Lipinski definition) is 5. The summed E-state index contributed by atoms with van der Waals surface area (Å²) in [6.07, 6.45) is -7.03. The fourth-order valence-corrected chi connectivity index (χ4v) is 2.25. The molecule has 0 atom stereocenters. The Labute approximate surface area is 157 Å². The number of carbonyl (C=O) groups is 1. The van der Waals surface area contributed by atoms with Gasteiger partial charge in [0.1, 0.15) is 13.3 Å². The summed E-state index contributed by atoms with van der Waals surface area (Å²) in [6.45, 7) is -1.15. The Morgan fingerprint density at radius 3 is 2.61 bits per heavy atom. The van der Waals surface area contributed by atoms with Gasteiger partial charge in [-0.05, 0) is 12.1 Å². The van der Waals surface area contributed by atoms with E-state index in [0.717, 1.165) is 5.01 Å². The number of para-hydroxylation sites is 1. The molecule has 12 heteroatoms. The van der Waals surface area contributed by atoms with E-state index in [1.807, 2.05) is 0 Å². The third-order valence-electron chi connectivity index (χ3n) is 3.63. The molecule has 0 radical (unpaired) electrons. The fourth-order valence-electron chi connectivity index (χ4n) is 2.25. The van der Waals surface area contributed by atoms with E-state index >= 15 is 0 Å². The van der Waals surface area contributed by atoms with Crippen LogP contribution >= 0.6 is 0 Å². The minimum Gasteiger partial charge on any atom is -0.489 e. The van der Waals surface area contributed by atoms with E-state index in [-0.39, 0.29) is 32.1 Å². The van der Waals surface area contributed by atoms with Gasteiger partial charge in [-0.15, -0.1) is 0 Å². The van der Waals surface area contributed by atoms with Crippen molar-refractivity contribution >= 4 is 6.09 Å². The summed E-state index contributed by atoms with van der Waals surface area (Å²) in [5, 5.41) is 11.4. The number of halogens is 5. The highest BCUT2D eigenvalue weighted by Crippen LogP contribution is 2.24. The zero-order valence-electron chi connectivity index (χ0n) is 14.5. The molecule has 0 aromatic heterocycles. The summed E-state index contributed by atoms with van der Waals surface area (Å²) in [7, 11) is 0. The molecular weight excluding hydrogens is 393 g/mol. The maximum atomic E-state index is 13.5. The van der Waals surface area contributed by atoms with Gasteiger partial charge in [0, 0.05) is 18.9 Å². The van der Waals surface area contributed by atoms with E-state index in [1.165, 1.54) is 40.5 Å². The van der Waals surface area contributed by atoms with Crippen LogP contribution in [0.5, 0.6) is 5.75 Å². The molecule has 2 rings (SSSR count). The van der Waals surface area contributed by atoms with Crippen molar-refractivity contribution in [3.63, 3.8) is 0 Å². The lowest BCUT2D eigenvalue weighted by molar-refractivity contribution is -0.300. The summed E-state index contributed by atoms with van der Waals surface area (Å²) < 4.78 is 72.0. The number of ether oxygens (including phenoxy) is 2. The van der Waals surface area contributed by atoms with Crippen LogP contribution in [0.15, 0.2) is 36.7 Å². The Hall–Kier alpha value is -2.76. The van der Waals surface area contributed by atoms with E-state index in [9.17, 15) is 31.9 Å². The summed E-state index contributed by atoms with van der Waals surface area (Å²) >= 11 is 0. The standard InChI is InChI=1S/C16H18F5N3O4/c17-12-3-1-2-4-13(12)27-9-8-24(15(25)26)23-6-5-22(11-23)7-10-28-16(20,21)14(18)19/h1-6,14H,7-11H2,(H,25,26). The lowest BCUT2D eigenvalue weighted by Gasteiger charge is -2.30. The Kier molecular flexibility index (Phi) is 7.26. The fraction of sp³-hybridized carbons (Fsp3) is 0.438. The lowest BCUT2D eigenvalue weighted by Crippen LogP contribution is -2.46. The molecule has 0 saturated heterocycles. The topological polar surface area (TPSA) is 65.5 Å². The van der Waals surface area contributed by atoms with Crippen LogP contribution in [0.4, 0.5) is 26.7 Å². The lowest BCUT2D eigenvalue weighted by atomic mass is 10.3. The molecule has 1 aliphatic heterocycles. The Morgan fingerprint density at radius 2 is 1.96 bits per heavy atom. The molecule has 0 aliphatic carbocycles. The maximum Gasteiger partial charge on any atom is 0.426 e. The van der Waals surface area contributed by atoms with Crippen molar-refractivity contribution in [1.82, 2.24) is 14.9 Å². The van der Waals surface area contributed by atoms with Gasteiger partial charge < -0.3 is 19.5 Å². The monoisotopic (exact) mass is 411 g/mol. The zero-order chi connectivity index (χ0) is 20.7. The number of carboxylic acid groups (broad SMARTS) is 1. The molecule has 0 unspecified atom stereocenters. The van der Waals surface area contributed by atoms with Gasteiger partial charge in [-0.1, -0.05) is 12.1 Å². The highest BCUT2D eigenvalue weighted by atomic mass is 19.3. The van der Waals surface area contributed by atoms with Gasteiger partial charge in [0.05, 0.1) is 13.2 Å². The van der Waals surface area contributed by atoms with Crippen molar-refractivity contribution in [3.05, 3.63) is 42.5 Å². The van der Waals surface area contributed by atoms with E-state index in [2.05, 4.69) is 4.74 Å². The number of hydrazine groups is 1. The van der Waals surface area contributed by atoms with Gasteiger partial charge in [-0.2, -0.15) is 8.78 Å². The molecule has 0 bridgehead atoms. The van der Waals surface area contributed by atoms with Crippen LogP contribution in [0.2, 0.25) is 0 Å². The second-order valence-electron chi connectivity index (χ2n) is 5.59. The first kappa shape index (κ1) is 21.5. The quantitative estimate of drug-likeness (QED) is 0.598. The van der Waals surface area contributed by atoms with Gasteiger partial charge in [-0.25, -0.2) is 23.0 Å². The second kappa shape index (κ2) is 9.44. The second-order valence-corrected chi connectivity index (χ2v) is 5.59. The van der Waals surface area contributed by atoms with Crippen molar-refractivity contribution in [2.45, 2.75) is 12.5 Å². The predicted molar refractivity (Wildman–Crippen MR) is 86.1 cm³/mol. The molecule has 0 fully saturated rings. The molecule has 1 N–H and O–H groups in total. The van der Waals surface area contributed by atoms with E-state index in [1.54, 1.807) is 6.07 Å². The first-order valence-electron chi connectivity index (χ1n) is 8.07. The zero-order valence-corrected chi connectivity index (χ0v) is 14.5. The van der Waals surface area contributed by atoms with Gasteiger partial charge in [0.25, 0.3) is 0 Å². The molecule has 0 spiro atoms. The van der Waals surface area contributed by atoms with Crippen LogP contribution in [-0.2, 0) is 4.74 Å². The molecule has 1 aromatic rings. The van der Waals surface area contributed by atoms with Crippen LogP contribution in [0.3, 0.4) is 0 Å². The number of nitrogens with zero attached hydrogens (tertiary/aromatic N) is 3. The third kappa shape index (κ3) is 5.87. The largest absolute Gasteiger partial charge is 0.489 e. The normalized spacial score (nSPS) is 14.1. The highest BCUT2D eigenvalue weighted by Gasteiger charge is 2.42. The first-order valence-corrected chi connectivity index (χ1v) is 8.07. The van der Waals surface area contributed by atoms with Crippen LogP contribution in [-0.4, -0.2) is 71.6 Å². The van der Waals surface area contributed by atoms with Crippen LogP contribution in [0.1, 0.15) is 0 Å². The molecule has 7 nitrogen and oxygen atoms in total. The summed E-state index contributed by atoms with van der Waals surface area (Å²) in [5.74, 6) is -0.610. The van der Waals surface area contributed by atoms with Crippen molar-refractivity contribution in [2.75, 3.05) is 33.0 Å². The maximum absolute atomic E-state index is 13.5. The minimum atomic E-state index is -4.54. The van der Waals surface area contributed by atoms with Gasteiger partial charge in [0.2, 0.25) is 0 Å². The van der Waals surface area contributed by atoms with Crippen LogP contribution in [0, 0.1) is 5.82 Å². The molecular formula is C16H18F5N3O4. The van der Waals surface area contributed by atoms with Crippen molar-refractivity contribution in [2.24, 2.45) is 0 Å². The Balaban J connectivity index is 1.79. The number of benzene rings is 1. The van der Waals surface area contributed by atoms with Gasteiger partial charge in [-0.3, -0.25) is 5.01 Å². The highest BCUT2D eigenvalue weighted by molar-refractivity contribution is 5.64. The van der Waals surface area contributed by atoms with Crippen molar-refractivity contribution in [3.8, 4) is 5.75 Å². The molecule has 1 aromatic carbocycles. The SMILES string of the molecule is O=C(O)N(CCOc1ccccc1F)N1C=CN(CCOC(F)(F)C(F)F)C1. The van der Waals surface area contributed by atoms with Crippen LogP contribution in [0.25, 0.3) is 0 Å². The number of alkyl halides is 4. The van der Waals surface area contributed by atoms with Crippen molar-refractivity contribution in [1.29, 1.82) is 0 Å². The number of rotatable bonds is 10. The Morgan fingerprint density at radius 1 is 1.25 bits per heavy atom. The van der Waals surface area contributed by atoms with E-state index in [0.29, 0.717) is 0 Å². The van der Waals surface area contributed by atoms with Crippen molar-refractivity contribution < 1.29 is 41.3 Å². The molecule has 28 heavy (non-hydrogen) atoms. The average Bonchev–Trinajstić information content (AvgIpc) is 3.08. The number of amides is 1. The summed E-state index contributed by atoms with van der Waals surface area (Å²) in [5.41, 5.74) is 0. The molecule has 1 heterocycles. The smallest absolute Gasteiger partial charge is 0.426 e. The molecule has 1 aliphatic rings. The molecule has 156 valence electrons. The van der Waals surface area contributed by atoms with Crippen LogP contribution < -0.4 is 4.74 Å². The average molecular weight is 411 g/mol. The molecule has 1 amide bonds. The number of hydrogen-bond donors (Lipinski definition) is 1. The van der Waals surface area contributed by atoms with E-state index < -0.39 is 31.1 Å². The Bertz CT molecular complexity index is 692. The molecule has 0 saturated carbocycles. The van der Waals surface area contributed by atoms with Gasteiger partial charge in [0.15, 0.2) is 11.6 Å². The summed E-state index contributed by atoms with van der Waals surface area (Å²) in [4.78, 5) is 12.8. The van der Waals surface area contributed by atoms with E-state index in [4.69, 9.17) is 4.74 Å². The van der Waals surface area contributed by atoms with Gasteiger partial charge >= 0.3 is 18.6 Å². The third-order valence-corrected chi connectivity index (χ3v) is 3.63.